The topological polar surface area (TPSA) is 54.4 Å². The lowest BCUT2D eigenvalue weighted by Gasteiger charge is -2.20. The summed E-state index contributed by atoms with van der Waals surface area (Å²) in [5, 5.41) is 9.28. The smallest absolute Gasteiger partial charge is 0.189 e. The second-order valence-corrected chi connectivity index (χ2v) is 7.74. The first kappa shape index (κ1) is 16.3. The molecule has 0 bridgehead atoms. The minimum atomic E-state index is -3.71. The van der Waals surface area contributed by atoms with E-state index in [2.05, 4.69) is 0 Å². The Morgan fingerprint density at radius 3 is 2.00 bits per heavy atom. The monoisotopic (exact) mass is 338 g/mol. The largest absolute Gasteiger partial charge is 0.508 e. The molecule has 1 N–H and O–H groups in total. The summed E-state index contributed by atoms with van der Waals surface area (Å²) in [5.74, 6) is -0.0259. The molecule has 3 rings (SSSR count). The van der Waals surface area contributed by atoms with Crippen LogP contribution in [-0.4, -0.2) is 13.5 Å². The van der Waals surface area contributed by atoms with Crippen LogP contribution in [0.1, 0.15) is 21.9 Å². The van der Waals surface area contributed by atoms with Gasteiger partial charge in [0.15, 0.2) is 9.84 Å². The number of sulfone groups is 1. The third kappa shape index (κ3) is 3.05. The predicted molar refractivity (Wildman–Crippen MR) is 94.8 cm³/mol. The Labute approximate surface area is 142 Å². The SMILES string of the molecule is Cc1ccc(S(=O)(=O)[C@@H](c2ccccc2)c2ccccc2O)cc1. The molecular weight excluding hydrogens is 320 g/mol. The van der Waals surface area contributed by atoms with E-state index in [0.717, 1.165) is 5.56 Å². The minimum Gasteiger partial charge on any atom is -0.508 e. The third-order valence-electron chi connectivity index (χ3n) is 3.98. The van der Waals surface area contributed by atoms with Gasteiger partial charge in [0, 0.05) is 5.56 Å². The van der Waals surface area contributed by atoms with E-state index in [9.17, 15) is 13.5 Å². The van der Waals surface area contributed by atoms with E-state index in [1.807, 2.05) is 13.0 Å². The summed E-state index contributed by atoms with van der Waals surface area (Å²) < 4.78 is 26.6. The van der Waals surface area contributed by atoms with Crippen molar-refractivity contribution >= 4 is 9.84 Å². The maximum Gasteiger partial charge on any atom is 0.189 e. The molecule has 24 heavy (non-hydrogen) atoms. The van der Waals surface area contributed by atoms with Gasteiger partial charge >= 0.3 is 0 Å². The molecule has 4 heteroatoms. The lowest BCUT2D eigenvalue weighted by atomic mass is 10.0. The first-order valence-corrected chi connectivity index (χ1v) is 9.18. The van der Waals surface area contributed by atoms with Crippen LogP contribution in [0.4, 0.5) is 0 Å². The normalized spacial score (nSPS) is 12.7. The molecule has 0 aliphatic carbocycles. The van der Waals surface area contributed by atoms with Crippen molar-refractivity contribution < 1.29 is 13.5 Å². The van der Waals surface area contributed by atoms with Crippen molar-refractivity contribution in [3.8, 4) is 5.75 Å². The van der Waals surface area contributed by atoms with E-state index in [1.165, 1.54) is 6.07 Å². The van der Waals surface area contributed by atoms with Crippen LogP contribution >= 0.6 is 0 Å². The van der Waals surface area contributed by atoms with Crippen LogP contribution in [0.3, 0.4) is 0 Å². The highest BCUT2D eigenvalue weighted by Gasteiger charge is 2.32. The first-order chi connectivity index (χ1) is 11.5. The van der Waals surface area contributed by atoms with Crippen LogP contribution in [0, 0.1) is 6.92 Å². The van der Waals surface area contributed by atoms with Gasteiger partial charge in [0.05, 0.1) is 4.90 Å². The quantitative estimate of drug-likeness (QED) is 0.773. The Hall–Kier alpha value is -2.59. The van der Waals surface area contributed by atoms with E-state index in [0.29, 0.717) is 11.1 Å². The second kappa shape index (κ2) is 6.49. The Morgan fingerprint density at radius 2 is 1.38 bits per heavy atom. The van der Waals surface area contributed by atoms with Gasteiger partial charge in [0.2, 0.25) is 0 Å². The summed E-state index contributed by atoms with van der Waals surface area (Å²) in [5.41, 5.74) is 2.00. The summed E-state index contributed by atoms with van der Waals surface area (Å²) >= 11 is 0. The van der Waals surface area contributed by atoms with Crippen molar-refractivity contribution in [3.63, 3.8) is 0 Å². The van der Waals surface area contributed by atoms with Gasteiger partial charge in [-0.1, -0.05) is 66.2 Å². The zero-order chi connectivity index (χ0) is 17.2. The molecule has 0 unspecified atom stereocenters. The van der Waals surface area contributed by atoms with E-state index >= 15 is 0 Å². The summed E-state index contributed by atoms with van der Waals surface area (Å²) in [6, 6.07) is 22.3. The standard InChI is InChI=1S/C20H18O3S/c1-15-11-13-17(14-12-15)24(22,23)20(16-7-3-2-4-8-16)18-9-5-6-10-19(18)21/h2-14,20-21H,1H3/t20-/m0/s1. The van der Waals surface area contributed by atoms with Crippen molar-refractivity contribution in [1.29, 1.82) is 0 Å². The zero-order valence-electron chi connectivity index (χ0n) is 13.3. The Bertz CT molecular complexity index is 930. The van der Waals surface area contributed by atoms with Crippen molar-refractivity contribution in [2.24, 2.45) is 0 Å². The molecule has 0 aromatic heterocycles. The molecule has 0 saturated heterocycles. The van der Waals surface area contributed by atoms with Gasteiger partial charge in [0.25, 0.3) is 0 Å². The molecule has 3 aromatic rings. The molecule has 0 aliphatic rings. The number of phenols is 1. The van der Waals surface area contributed by atoms with Crippen molar-refractivity contribution in [2.45, 2.75) is 17.1 Å². The summed E-state index contributed by atoms with van der Waals surface area (Å²) in [6.45, 7) is 1.91. The molecule has 0 amide bonds. The molecule has 0 saturated carbocycles. The fraction of sp³-hybridized carbons (Fsp3) is 0.100. The number of para-hydroxylation sites is 1. The van der Waals surface area contributed by atoms with Gasteiger partial charge in [-0.15, -0.1) is 0 Å². The van der Waals surface area contributed by atoms with Gasteiger partial charge in [-0.3, -0.25) is 0 Å². The molecule has 3 aromatic carbocycles. The van der Waals surface area contributed by atoms with Gasteiger partial charge in [-0.25, -0.2) is 8.42 Å². The molecule has 3 nitrogen and oxygen atoms in total. The van der Waals surface area contributed by atoms with E-state index in [4.69, 9.17) is 0 Å². The maximum atomic E-state index is 13.3. The fourth-order valence-corrected chi connectivity index (χ4v) is 4.56. The average molecular weight is 338 g/mol. The van der Waals surface area contributed by atoms with Gasteiger partial charge < -0.3 is 5.11 Å². The molecule has 1 atom stereocenters. The van der Waals surface area contributed by atoms with Crippen molar-refractivity contribution in [2.75, 3.05) is 0 Å². The summed E-state index contributed by atoms with van der Waals surface area (Å²) in [4.78, 5) is 0.241. The highest BCUT2D eigenvalue weighted by atomic mass is 32.2. The number of benzene rings is 3. The van der Waals surface area contributed by atoms with Gasteiger partial charge in [-0.2, -0.15) is 0 Å². The van der Waals surface area contributed by atoms with Crippen LogP contribution in [0.2, 0.25) is 0 Å². The van der Waals surface area contributed by atoms with E-state index in [-0.39, 0.29) is 10.6 Å². The highest BCUT2D eigenvalue weighted by Crippen LogP contribution is 2.38. The Kier molecular flexibility index (Phi) is 4.40. The Balaban J connectivity index is 2.22. The number of hydrogen-bond donors (Lipinski definition) is 1. The average Bonchev–Trinajstić information content (AvgIpc) is 2.58. The summed E-state index contributed by atoms with van der Waals surface area (Å²) in [7, 11) is -3.71. The van der Waals surface area contributed by atoms with Crippen molar-refractivity contribution in [3.05, 3.63) is 95.6 Å². The molecule has 0 heterocycles. The van der Waals surface area contributed by atoms with Crippen LogP contribution in [0.25, 0.3) is 0 Å². The maximum absolute atomic E-state index is 13.3. The Morgan fingerprint density at radius 1 is 0.792 bits per heavy atom. The first-order valence-electron chi connectivity index (χ1n) is 7.63. The molecule has 0 radical (unpaired) electrons. The fourth-order valence-electron chi connectivity index (χ4n) is 2.73. The minimum absolute atomic E-state index is 0.0259. The zero-order valence-corrected chi connectivity index (χ0v) is 14.1. The molecule has 0 aliphatic heterocycles. The van der Waals surface area contributed by atoms with E-state index < -0.39 is 15.1 Å². The van der Waals surface area contributed by atoms with Crippen LogP contribution < -0.4 is 0 Å². The van der Waals surface area contributed by atoms with E-state index in [1.54, 1.807) is 66.7 Å². The third-order valence-corrected chi connectivity index (χ3v) is 6.06. The second-order valence-electron chi connectivity index (χ2n) is 5.71. The number of hydrogen-bond acceptors (Lipinski definition) is 3. The number of phenolic OH excluding ortho intramolecular Hbond substituents is 1. The molecule has 0 spiro atoms. The molecular formula is C20H18O3S. The van der Waals surface area contributed by atoms with Gasteiger partial charge in [-0.05, 0) is 30.7 Å². The van der Waals surface area contributed by atoms with Crippen molar-refractivity contribution in [1.82, 2.24) is 0 Å². The predicted octanol–water partition coefficient (Wildman–Crippen LogP) is 4.26. The number of aryl methyl sites for hydroxylation is 1. The lowest BCUT2D eigenvalue weighted by Crippen LogP contribution is -2.15. The van der Waals surface area contributed by atoms with Crippen LogP contribution in [-0.2, 0) is 9.84 Å². The van der Waals surface area contributed by atoms with Crippen LogP contribution in [0.15, 0.2) is 83.8 Å². The number of aromatic hydroxyl groups is 1. The number of rotatable bonds is 4. The lowest BCUT2D eigenvalue weighted by molar-refractivity contribution is 0.467. The molecule has 0 fully saturated rings. The summed E-state index contributed by atoms with van der Waals surface area (Å²) in [6.07, 6.45) is 0. The molecule has 122 valence electrons. The van der Waals surface area contributed by atoms with Gasteiger partial charge in [0.1, 0.15) is 11.0 Å². The van der Waals surface area contributed by atoms with Crippen LogP contribution in [0.5, 0.6) is 5.75 Å². The highest BCUT2D eigenvalue weighted by molar-refractivity contribution is 7.92.